The number of nitrogens with one attached hydrogen (secondary N) is 2. The van der Waals surface area contributed by atoms with Gasteiger partial charge in [-0.3, -0.25) is 4.90 Å². The number of imidazole rings is 1. The molecular weight excluding hydrogens is 591 g/mol. The quantitative estimate of drug-likeness (QED) is 0.203. The molecule has 0 bridgehead atoms. The molecule has 5 rings (SSSR count). The molecule has 228 valence electrons. The summed E-state index contributed by atoms with van der Waals surface area (Å²) in [5, 5.41) is 3.57. The van der Waals surface area contributed by atoms with Gasteiger partial charge in [0.05, 0.1) is 25.5 Å². The van der Waals surface area contributed by atoms with Crippen molar-refractivity contribution in [1.29, 1.82) is 0 Å². The van der Waals surface area contributed by atoms with Crippen LogP contribution in [0, 0.1) is 12.8 Å². The average molecular weight is 634 g/mol. The topological polar surface area (TPSA) is 62.4 Å². The van der Waals surface area contributed by atoms with E-state index in [0.29, 0.717) is 0 Å². The van der Waals surface area contributed by atoms with Gasteiger partial charge in [0, 0.05) is 43.4 Å². The molecule has 1 aliphatic rings. The molecule has 9 heteroatoms. The zero-order valence-corrected chi connectivity index (χ0v) is 27.4. The van der Waals surface area contributed by atoms with E-state index in [-0.39, 0.29) is 49.1 Å². The van der Waals surface area contributed by atoms with Crippen LogP contribution in [0.1, 0.15) is 42.3 Å². The Hall–Kier alpha value is -2.74. The number of benzene rings is 3. The second-order valence-electron chi connectivity index (χ2n) is 10.6. The minimum absolute atomic E-state index is 0. The molecule has 0 aliphatic carbocycles. The van der Waals surface area contributed by atoms with Gasteiger partial charge in [-0.25, -0.2) is 4.98 Å². The molecule has 2 heterocycles. The predicted molar refractivity (Wildman–Crippen MR) is 179 cm³/mol. The largest absolute Gasteiger partial charge is 0.497 e. The molecule has 1 unspecified atom stereocenters. The van der Waals surface area contributed by atoms with E-state index < -0.39 is 5.54 Å². The summed E-state index contributed by atoms with van der Waals surface area (Å²) in [6.45, 7) is 10.6. The van der Waals surface area contributed by atoms with Crippen LogP contribution in [0.25, 0.3) is 11.4 Å². The number of piperazine rings is 1. The van der Waals surface area contributed by atoms with Crippen LogP contribution < -0.4 is 14.8 Å². The Morgan fingerprint density at radius 3 is 1.83 bits per heavy atom. The highest BCUT2D eigenvalue weighted by molar-refractivity contribution is 5.86. The second-order valence-corrected chi connectivity index (χ2v) is 10.6. The van der Waals surface area contributed by atoms with Gasteiger partial charge in [0.15, 0.2) is 0 Å². The van der Waals surface area contributed by atoms with Crippen molar-refractivity contribution >= 4 is 37.2 Å². The van der Waals surface area contributed by atoms with Crippen LogP contribution in [0.3, 0.4) is 0 Å². The number of methoxy groups -OCH3 is 2. The Kier molecular flexibility index (Phi) is 13.2. The molecule has 0 spiro atoms. The molecule has 3 aromatic carbocycles. The predicted octanol–water partition coefficient (Wildman–Crippen LogP) is 7.26. The van der Waals surface area contributed by atoms with Crippen LogP contribution >= 0.6 is 37.2 Å². The van der Waals surface area contributed by atoms with E-state index in [1.54, 1.807) is 14.2 Å². The summed E-state index contributed by atoms with van der Waals surface area (Å²) in [4.78, 5) is 11.7. The Bertz CT molecular complexity index is 1350. The fraction of sp³-hybridized carbons (Fsp3) is 0.364. The van der Waals surface area contributed by atoms with Gasteiger partial charge in [0.1, 0.15) is 17.3 Å². The number of H-pyrrole nitrogens is 1. The lowest BCUT2D eigenvalue weighted by Gasteiger charge is -2.53. The van der Waals surface area contributed by atoms with E-state index in [0.717, 1.165) is 60.5 Å². The second kappa shape index (κ2) is 15.6. The summed E-state index contributed by atoms with van der Waals surface area (Å²) in [7, 11) is 3.46. The highest BCUT2D eigenvalue weighted by atomic mass is 35.5. The maximum absolute atomic E-state index is 5.73. The number of aromatic nitrogens is 2. The first kappa shape index (κ1) is 35.5. The first-order chi connectivity index (χ1) is 19.0. The third kappa shape index (κ3) is 6.74. The third-order valence-electron chi connectivity index (χ3n) is 8.13. The lowest BCUT2D eigenvalue weighted by Crippen LogP contribution is -2.60. The average Bonchev–Trinajstić information content (AvgIpc) is 3.38. The summed E-state index contributed by atoms with van der Waals surface area (Å²) < 4.78 is 11.5. The fourth-order valence-electron chi connectivity index (χ4n) is 6.40. The fourth-order valence-corrected chi connectivity index (χ4v) is 6.40. The summed E-state index contributed by atoms with van der Waals surface area (Å²) >= 11 is 0. The van der Waals surface area contributed by atoms with Crippen LogP contribution in [0.2, 0.25) is 0 Å². The molecule has 2 N–H and O–H groups in total. The Labute approximate surface area is 268 Å². The smallest absolute Gasteiger partial charge is 0.137 e. The van der Waals surface area contributed by atoms with Gasteiger partial charge in [-0.2, -0.15) is 0 Å². The normalized spacial score (nSPS) is 14.7. The minimum Gasteiger partial charge on any atom is -0.497 e. The molecule has 6 nitrogen and oxygen atoms in total. The van der Waals surface area contributed by atoms with Crippen LogP contribution in [-0.4, -0.2) is 55.3 Å². The van der Waals surface area contributed by atoms with Gasteiger partial charge in [-0.1, -0.05) is 68.4 Å². The number of aromatic amines is 1. The van der Waals surface area contributed by atoms with Gasteiger partial charge in [-0.15, -0.1) is 37.2 Å². The number of halogens is 3. The van der Waals surface area contributed by atoms with Crippen molar-refractivity contribution in [3.05, 3.63) is 101 Å². The van der Waals surface area contributed by atoms with E-state index in [1.807, 2.05) is 18.2 Å². The molecule has 42 heavy (non-hydrogen) atoms. The molecule has 0 radical (unpaired) electrons. The number of aryl methyl sites for hydroxylation is 1. The molecule has 1 saturated heterocycles. The number of rotatable bonds is 9. The van der Waals surface area contributed by atoms with Crippen molar-refractivity contribution in [2.45, 2.75) is 32.2 Å². The van der Waals surface area contributed by atoms with Crippen LogP contribution in [0.5, 0.6) is 11.5 Å². The van der Waals surface area contributed by atoms with E-state index in [2.05, 4.69) is 96.6 Å². The third-order valence-corrected chi connectivity index (χ3v) is 8.13. The van der Waals surface area contributed by atoms with Crippen molar-refractivity contribution < 1.29 is 9.47 Å². The van der Waals surface area contributed by atoms with Crippen LogP contribution in [0.4, 0.5) is 0 Å². The van der Waals surface area contributed by atoms with Gasteiger partial charge >= 0.3 is 0 Å². The van der Waals surface area contributed by atoms with Gasteiger partial charge < -0.3 is 19.8 Å². The van der Waals surface area contributed by atoms with Gasteiger partial charge in [0.25, 0.3) is 0 Å². The highest BCUT2D eigenvalue weighted by Crippen LogP contribution is 2.52. The van der Waals surface area contributed by atoms with E-state index >= 15 is 0 Å². The van der Waals surface area contributed by atoms with Gasteiger partial charge in [-0.05, 0) is 48.2 Å². The van der Waals surface area contributed by atoms with Crippen molar-refractivity contribution in [3.8, 4) is 22.9 Å². The van der Waals surface area contributed by atoms with Gasteiger partial charge in [0.2, 0.25) is 0 Å². The monoisotopic (exact) mass is 632 g/mol. The van der Waals surface area contributed by atoms with Crippen LogP contribution in [-0.2, 0) is 5.54 Å². The summed E-state index contributed by atoms with van der Waals surface area (Å²) in [5.74, 6) is 2.79. The summed E-state index contributed by atoms with van der Waals surface area (Å²) in [6, 6.07) is 27.4. The van der Waals surface area contributed by atoms with Crippen molar-refractivity contribution in [2.24, 2.45) is 5.92 Å². The molecule has 1 aromatic heterocycles. The summed E-state index contributed by atoms with van der Waals surface area (Å²) in [5.41, 5.74) is 5.21. The molecule has 0 saturated carbocycles. The molecule has 1 fully saturated rings. The van der Waals surface area contributed by atoms with E-state index in [9.17, 15) is 0 Å². The number of ether oxygens (including phenoxy) is 2. The SMILES string of the molecule is COc1cccc(C(c2cccc(OC)c2)C(c2nc(-c3ccccc3)[nH]c2C)(C(C)C)N2CCNCC2)c1.Cl.Cl.Cl. The maximum Gasteiger partial charge on any atom is 0.137 e. The van der Waals surface area contributed by atoms with E-state index in [4.69, 9.17) is 14.5 Å². The molecule has 1 aliphatic heterocycles. The Balaban J connectivity index is 0.00000205. The Morgan fingerprint density at radius 1 is 0.786 bits per heavy atom. The molecule has 4 aromatic rings. The van der Waals surface area contributed by atoms with Crippen molar-refractivity contribution in [1.82, 2.24) is 20.2 Å². The number of hydrogen-bond acceptors (Lipinski definition) is 5. The van der Waals surface area contributed by atoms with Crippen molar-refractivity contribution in [2.75, 3.05) is 40.4 Å². The van der Waals surface area contributed by atoms with Crippen molar-refractivity contribution in [3.63, 3.8) is 0 Å². The Morgan fingerprint density at radius 2 is 1.33 bits per heavy atom. The lowest BCUT2D eigenvalue weighted by atomic mass is 9.65. The molecule has 1 atom stereocenters. The highest BCUT2D eigenvalue weighted by Gasteiger charge is 2.52. The number of hydrogen-bond donors (Lipinski definition) is 2. The zero-order valence-electron chi connectivity index (χ0n) is 24.9. The maximum atomic E-state index is 5.73. The minimum atomic E-state index is -0.450. The first-order valence-corrected chi connectivity index (χ1v) is 13.8. The first-order valence-electron chi connectivity index (χ1n) is 13.8. The van der Waals surface area contributed by atoms with E-state index in [1.165, 1.54) is 11.1 Å². The molecule has 0 amide bonds. The zero-order chi connectivity index (χ0) is 27.4. The summed E-state index contributed by atoms with van der Waals surface area (Å²) in [6.07, 6.45) is 0. The number of nitrogens with zero attached hydrogens (tertiary/aromatic N) is 2. The molecular formula is C33H43Cl3N4O2. The standard InChI is InChI=1S/C33H40N4O2.3ClH/c1-23(2)33(37-19-17-34-18-20-37,31-24(3)35-32(36-31)25-11-7-6-8-12-25)30(26-13-9-15-28(21-26)38-4)27-14-10-16-29(22-27)39-5;;;/h6-16,21-23,30,34H,17-20H2,1-5H3,(H,35,36);3*1H. The van der Waals surface area contributed by atoms with Crippen LogP contribution in [0.15, 0.2) is 78.9 Å². The lowest BCUT2D eigenvalue weighted by molar-refractivity contribution is 0.0107.